The zero-order chi connectivity index (χ0) is 54.9. The summed E-state index contributed by atoms with van der Waals surface area (Å²) >= 11 is 0. The smallest absolute Gasteiger partial charge is 0.387 e. The van der Waals surface area contributed by atoms with Gasteiger partial charge in [0.2, 0.25) is 5.91 Å². The number of likely N-dealkylation sites (N-methyl/N-ethyl adjacent to an activating group) is 1. The summed E-state index contributed by atoms with van der Waals surface area (Å²) in [6, 6.07) is -0.889. The zero-order valence-electron chi connectivity index (χ0n) is 48.0. The van der Waals surface area contributed by atoms with Crippen molar-refractivity contribution in [1.82, 2.24) is 5.32 Å². The van der Waals surface area contributed by atoms with Gasteiger partial charge in [0, 0.05) is 6.42 Å². The lowest BCUT2D eigenvalue weighted by Gasteiger charge is -2.25. The first-order chi connectivity index (χ1) is 36.5. The number of rotatable bonds is 50. The standard InChI is InChI=1S/C66H107N2O6P/c1-6-8-10-12-14-16-18-20-21-22-23-24-25-26-27-28-29-30-31-32-33-34-35-36-37-38-39-40-41-42-43-44-45-46-47-48-50-52-54-56-58-60-66(70)67-64(63-74-75(71,72)73-62-61-68(3,4)5)65(69)59-57-55-53-51-49-19-17-15-13-11-9-7-2/h8,10,14,16,20-21,23-24,26-27,29-30,32-33,35-36,38-39,41-42,44-45,47-49,51,57,59,64-65,69H,6-7,9,11-13,15,17-19,22,25,28,31,34,37,40,43,46,50,52-56,58,60-63H2,1-5H3,(H-,67,70,71,72)/p+1/b10-8-,16-14-,21-20-,24-23-,27-26-,30-29-,33-32-,36-35-,39-38-,42-41-,45-44-,48-47-,51-49+,59-57+. The van der Waals surface area contributed by atoms with Crippen molar-refractivity contribution < 1.29 is 32.9 Å². The Hall–Kier alpha value is -4.14. The van der Waals surface area contributed by atoms with Gasteiger partial charge >= 0.3 is 7.82 Å². The Kier molecular flexibility index (Phi) is 51.6. The van der Waals surface area contributed by atoms with E-state index in [9.17, 15) is 19.4 Å². The summed E-state index contributed by atoms with van der Waals surface area (Å²) in [5, 5.41) is 13.8. The van der Waals surface area contributed by atoms with Crippen LogP contribution in [0.25, 0.3) is 0 Å². The fraction of sp³-hybridized carbons (Fsp3) is 0.561. The lowest BCUT2D eigenvalue weighted by atomic mass is 10.1. The average molecular weight is 1060 g/mol. The van der Waals surface area contributed by atoms with Crippen LogP contribution in [0, 0.1) is 0 Å². The monoisotopic (exact) mass is 1060 g/mol. The van der Waals surface area contributed by atoms with Crippen LogP contribution in [0.3, 0.4) is 0 Å². The third kappa shape index (κ3) is 57.4. The van der Waals surface area contributed by atoms with E-state index < -0.39 is 20.0 Å². The van der Waals surface area contributed by atoms with E-state index in [1.165, 1.54) is 38.5 Å². The molecule has 8 nitrogen and oxygen atoms in total. The van der Waals surface area contributed by atoms with Crippen molar-refractivity contribution in [2.24, 2.45) is 0 Å². The van der Waals surface area contributed by atoms with E-state index in [1.807, 2.05) is 27.2 Å². The molecule has 0 aliphatic rings. The molecule has 3 N–H and O–H groups in total. The number of phosphoric acid groups is 1. The molecule has 0 radical (unpaired) electrons. The van der Waals surface area contributed by atoms with Gasteiger partial charge < -0.3 is 19.8 Å². The summed E-state index contributed by atoms with van der Waals surface area (Å²) in [6.07, 6.45) is 87.5. The molecule has 3 atom stereocenters. The summed E-state index contributed by atoms with van der Waals surface area (Å²) in [7, 11) is 1.51. The molecule has 75 heavy (non-hydrogen) atoms. The molecule has 0 aliphatic heterocycles. The molecule has 0 fully saturated rings. The van der Waals surface area contributed by atoms with Crippen molar-refractivity contribution in [3.05, 3.63) is 170 Å². The number of aliphatic hydroxyl groups excluding tert-OH is 1. The van der Waals surface area contributed by atoms with Crippen LogP contribution in [0.2, 0.25) is 0 Å². The molecule has 0 heterocycles. The summed E-state index contributed by atoms with van der Waals surface area (Å²) < 4.78 is 23.6. The third-order valence-corrected chi connectivity index (χ3v) is 12.7. The fourth-order valence-electron chi connectivity index (χ4n) is 7.15. The summed E-state index contributed by atoms with van der Waals surface area (Å²) in [6.45, 7) is 4.60. The normalized spacial score (nSPS) is 15.1. The molecule has 422 valence electrons. The molecule has 3 unspecified atom stereocenters. The molecule has 0 rings (SSSR count). The number of quaternary nitrogens is 1. The van der Waals surface area contributed by atoms with Crippen molar-refractivity contribution in [3.63, 3.8) is 0 Å². The molecule has 0 aromatic rings. The van der Waals surface area contributed by atoms with Gasteiger partial charge in [-0.05, 0) is 122 Å². The molecule has 9 heteroatoms. The maximum absolute atomic E-state index is 12.9. The highest BCUT2D eigenvalue weighted by molar-refractivity contribution is 7.47. The number of amides is 1. The van der Waals surface area contributed by atoms with Crippen LogP contribution in [0.4, 0.5) is 0 Å². The van der Waals surface area contributed by atoms with E-state index in [1.54, 1.807) is 6.08 Å². The SMILES string of the molecule is CC/C=C\C/C=C\C/C=C\C/C=C\C/C=C\C/C=C\C/C=C\C/C=C\C/C=C\C/C=C\C/C=C\C/C=C\CCCCCCC(=O)NC(COP(=O)(O)OCC[N+](C)(C)C)C(O)/C=C/CC/C=C/CCCCCCCC. The van der Waals surface area contributed by atoms with Gasteiger partial charge in [-0.25, -0.2) is 4.57 Å². The van der Waals surface area contributed by atoms with E-state index in [0.29, 0.717) is 17.4 Å². The number of aliphatic hydroxyl groups is 1. The first-order valence-electron chi connectivity index (χ1n) is 29.0. The molecule has 0 saturated heterocycles. The molecule has 0 spiro atoms. The molecular formula is C66H108N2O6P+. The number of nitrogens with zero attached hydrogens (tertiary/aromatic N) is 1. The summed E-state index contributed by atoms with van der Waals surface area (Å²) in [4.78, 5) is 23.2. The average Bonchev–Trinajstić information content (AvgIpc) is 3.37. The van der Waals surface area contributed by atoms with Gasteiger partial charge in [0.25, 0.3) is 0 Å². The van der Waals surface area contributed by atoms with E-state index in [0.717, 1.165) is 128 Å². The quantitative estimate of drug-likeness (QED) is 0.0243. The number of carbonyl (C=O) groups is 1. The number of unbranched alkanes of at least 4 members (excludes halogenated alkanes) is 11. The first kappa shape index (κ1) is 70.9. The Morgan fingerprint density at radius 2 is 0.813 bits per heavy atom. The molecule has 0 bridgehead atoms. The van der Waals surface area contributed by atoms with Crippen LogP contribution in [0.1, 0.15) is 187 Å². The molecule has 0 saturated carbocycles. The number of allylic oxidation sites excluding steroid dienone is 27. The van der Waals surface area contributed by atoms with Crippen molar-refractivity contribution in [2.45, 2.75) is 199 Å². The predicted molar refractivity (Wildman–Crippen MR) is 327 cm³/mol. The van der Waals surface area contributed by atoms with Crippen molar-refractivity contribution in [3.8, 4) is 0 Å². The van der Waals surface area contributed by atoms with Gasteiger partial charge in [0.1, 0.15) is 13.2 Å². The molecular weight excluding hydrogens is 948 g/mol. The number of hydrogen-bond acceptors (Lipinski definition) is 5. The van der Waals surface area contributed by atoms with E-state index >= 15 is 0 Å². The predicted octanol–water partition coefficient (Wildman–Crippen LogP) is 18.0. The number of carbonyl (C=O) groups excluding carboxylic acids is 1. The topological polar surface area (TPSA) is 105 Å². The maximum Gasteiger partial charge on any atom is 0.472 e. The number of phosphoric ester groups is 1. The number of hydrogen-bond donors (Lipinski definition) is 3. The molecule has 0 aromatic carbocycles. The maximum atomic E-state index is 12.9. The van der Waals surface area contributed by atoms with E-state index in [4.69, 9.17) is 9.05 Å². The van der Waals surface area contributed by atoms with Crippen molar-refractivity contribution in [2.75, 3.05) is 40.9 Å². The first-order valence-corrected chi connectivity index (χ1v) is 30.5. The zero-order valence-corrected chi connectivity index (χ0v) is 48.8. The fourth-order valence-corrected chi connectivity index (χ4v) is 7.89. The lowest BCUT2D eigenvalue weighted by Crippen LogP contribution is -2.45. The van der Waals surface area contributed by atoms with Gasteiger partial charge in [0.05, 0.1) is 39.9 Å². The summed E-state index contributed by atoms with van der Waals surface area (Å²) in [5.41, 5.74) is 0. The minimum absolute atomic E-state index is 0.0414. The Bertz CT molecular complexity index is 1820. The van der Waals surface area contributed by atoms with Crippen LogP contribution in [-0.4, -0.2) is 73.4 Å². The van der Waals surface area contributed by atoms with E-state index in [2.05, 4.69) is 177 Å². The molecule has 0 aliphatic carbocycles. The highest BCUT2D eigenvalue weighted by atomic mass is 31.2. The van der Waals surface area contributed by atoms with Crippen molar-refractivity contribution in [1.29, 1.82) is 0 Å². The van der Waals surface area contributed by atoms with Gasteiger partial charge in [0.15, 0.2) is 0 Å². The van der Waals surface area contributed by atoms with Crippen LogP contribution in [0.5, 0.6) is 0 Å². The number of nitrogens with one attached hydrogen (secondary N) is 1. The van der Waals surface area contributed by atoms with Gasteiger partial charge in [-0.3, -0.25) is 13.8 Å². The highest BCUT2D eigenvalue weighted by Crippen LogP contribution is 2.43. The largest absolute Gasteiger partial charge is 0.472 e. The second-order valence-electron chi connectivity index (χ2n) is 19.9. The lowest BCUT2D eigenvalue weighted by molar-refractivity contribution is -0.870. The van der Waals surface area contributed by atoms with Gasteiger partial charge in [-0.15, -0.1) is 0 Å². The Balaban J connectivity index is 4.21. The third-order valence-electron chi connectivity index (χ3n) is 11.7. The van der Waals surface area contributed by atoms with Gasteiger partial charge in [-0.1, -0.05) is 229 Å². The Labute approximate surface area is 460 Å². The second-order valence-corrected chi connectivity index (χ2v) is 21.4. The Morgan fingerprint density at radius 3 is 1.23 bits per heavy atom. The van der Waals surface area contributed by atoms with E-state index in [-0.39, 0.29) is 19.1 Å². The molecule has 1 amide bonds. The van der Waals surface area contributed by atoms with Crippen LogP contribution in [-0.2, 0) is 18.4 Å². The minimum atomic E-state index is -4.37. The van der Waals surface area contributed by atoms with Crippen LogP contribution in [0.15, 0.2) is 170 Å². The van der Waals surface area contributed by atoms with Gasteiger partial charge in [-0.2, -0.15) is 0 Å². The highest BCUT2D eigenvalue weighted by Gasteiger charge is 2.27. The minimum Gasteiger partial charge on any atom is -0.387 e. The van der Waals surface area contributed by atoms with Crippen LogP contribution < -0.4 is 5.32 Å². The summed E-state index contributed by atoms with van der Waals surface area (Å²) in [5.74, 6) is -0.221. The van der Waals surface area contributed by atoms with Crippen LogP contribution >= 0.6 is 7.82 Å². The van der Waals surface area contributed by atoms with Crippen molar-refractivity contribution >= 4 is 13.7 Å². The molecule has 0 aromatic heterocycles. The second kappa shape index (κ2) is 54.6. The Morgan fingerprint density at radius 1 is 0.467 bits per heavy atom.